The molecule has 5 nitrogen and oxygen atoms in total. The third-order valence-corrected chi connectivity index (χ3v) is 3.69. The molecule has 1 aromatic heterocycles. The monoisotopic (exact) mass is 229 g/mol. The number of nitrogen functional groups attached to an aromatic ring is 1. The molecule has 0 saturated heterocycles. The minimum atomic E-state index is -2.93. The van der Waals surface area contributed by atoms with Crippen molar-refractivity contribution in [2.45, 2.75) is 6.92 Å². The first-order valence-electron chi connectivity index (χ1n) is 4.70. The smallest absolute Gasteiger partial charge is 0.151 e. The maximum atomic E-state index is 11.2. The van der Waals surface area contributed by atoms with Crippen molar-refractivity contribution in [1.29, 1.82) is 0 Å². The number of sulfone groups is 1. The second-order valence-corrected chi connectivity index (χ2v) is 5.58. The molecule has 1 heterocycles. The molecule has 0 saturated carbocycles. The summed E-state index contributed by atoms with van der Waals surface area (Å²) in [4.78, 5) is 3.99. The van der Waals surface area contributed by atoms with Gasteiger partial charge in [0.05, 0.1) is 11.4 Å². The van der Waals surface area contributed by atoms with E-state index in [9.17, 15) is 8.42 Å². The fourth-order valence-corrected chi connectivity index (χ4v) is 1.74. The van der Waals surface area contributed by atoms with Gasteiger partial charge in [-0.15, -0.1) is 0 Å². The van der Waals surface area contributed by atoms with E-state index in [0.717, 1.165) is 0 Å². The minimum absolute atomic E-state index is 0.0967. The molecule has 0 radical (unpaired) electrons. The van der Waals surface area contributed by atoms with Gasteiger partial charge >= 0.3 is 0 Å². The zero-order valence-electron chi connectivity index (χ0n) is 8.60. The summed E-state index contributed by atoms with van der Waals surface area (Å²) in [5, 5.41) is 2.89. The lowest BCUT2D eigenvalue weighted by atomic mass is 10.4. The van der Waals surface area contributed by atoms with Gasteiger partial charge in [-0.1, -0.05) is 6.92 Å². The van der Waals surface area contributed by atoms with Gasteiger partial charge in [-0.25, -0.2) is 13.4 Å². The summed E-state index contributed by atoms with van der Waals surface area (Å²) in [5.74, 6) is 0.787. The molecule has 0 aromatic carbocycles. The molecule has 1 aromatic rings. The third kappa shape index (κ3) is 3.75. The average molecular weight is 229 g/mol. The van der Waals surface area contributed by atoms with Crippen LogP contribution in [0, 0.1) is 0 Å². The molecule has 0 aliphatic carbocycles. The number of rotatable bonds is 5. The van der Waals surface area contributed by atoms with Crippen LogP contribution >= 0.6 is 0 Å². The van der Waals surface area contributed by atoms with E-state index >= 15 is 0 Å². The molecule has 0 aliphatic rings. The Labute approximate surface area is 89.6 Å². The van der Waals surface area contributed by atoms with E-state index in [1.54, 1.807) is 25.3 Å². The highest BCUT2D eigenvalue weighted by Gasteiger charge is 2.07. The highest BCUT2D eigenvalue weighted by atomic mass is 32.2. The second-order valence-electron chi connectivity index (χ2n) is 3.10. The average Bonchev–Trinajstić information content (AvgIpc) is 2.21. The first kappa shape index (κ1) is 11.8. The van der Waals surface area contributed by atoms with Crippen LogP contribution in [-0.4, -0.2) is 31.5 Å². The summed E-state index contributed by atoms with van der Waals surface area (Å²) >= 11 is 0. The Morgan fingerprint density at radius 2 is 2.27 bits per heavy atom. The van der Waals surface area contributed by atoms with Gasteiger partial charge < -0.3 is 11.1 Å². The molecule has 6 heteroatoms. The summed E-state index contributed by atoms with van der Waals surface area (Å²) < 4.78 is 22.4. The molecule has 3 N–H and O–H groups in total. The van der Waals surface area contributed by atoms with Crippen molar-refractivity contribution in [2.75, 3.05) is 29.1 Å². The van der Waals surface area contributed by atoms with Crippen LogP contribution in [0.2, 0.25) is 0 Å². The molecule has 0 aliphatic heterocycles. The fraction of sp³-hybridized carbons (Fsp3) is 0.444. The third-order valence-electron chi connectivity index (χ3n) is 1.98. The number of pyridine rings is 1. The summed E-state index contributed by atoms with van der Waals surface area (Å²) in [7, 11) is -2.93. The van der Waals surface area contributed by atoms with Gasteiger partial charge in [-0.3, -0.25) is 0 Å². The Morgan fingerprint density at radius 3 is 2.87 bits per heavy atom. The summed E-state index contributed by atoms with van der Waals surface area (Å²) in [5.41, 5.74) is 6.15. The minimum Gasteiger partial charge on any atom is -0.396 e. The number of nitrogens with zero attached hydrogens (tertiary/aromatic N) is 1. The van der Waals surface area contributed by atoms with Crippen LogP contribution in [0.25, 0.3) is 0 Å². The molecule has 0 atom stereocenters. The van der Waals surface area contributed by atoms with Gasteiger partial charge in [0.1, 0.15) is 5.82 Å². The molecule has 0 spiro atoms. The molecule has 1 rings (SSSR count). The van der Waals surface area contributed by atoms with Crippen molar-refractivity contribution in [3.05, 3.63) is 18.3 Å². The zero-order chi connectivity index (χ0) is 11.3. The van der Waals surface area contributed by atoms with Crippen molar-refractivity contribution in [3.63, 3.8) is 0 Å². The van der Waals surface area contributed by atoms with E-state index in [-0.39, 0.29) is 11.5 Å². The highest BCUT2D eigenvalue weighted by molar-refractivity contribution is 7.91. The van der Waals surface area contributed by atoms with E-state index < -0.39 is 9.84 Å². The lowest BCUT2D eigenvalue weighted by molar-refractivity contribution is 0.597. The molecule has 84 valence electrons. The Balaban J connectivity index is 2.49. The number of nitrogens with one attached hydrogen (secondary N) is 1. The lowest BCUT2D eigenvalue weighted by Crippen LogP contribution is -2.18. The van der Waals surface area contributed by atoms with Gasteiger partial charge in [0.25, 0.3) is 0 Å². The Hall–Kier alpha value is -1.30. The first-order valence-corrected chi connectivity index (χ1v) is 6.52. The maximum absolute atomic E-state index is 11.2. The van der Waals surface area contributed by atoms with Gasteiger partial charge in [0.2, 0.25) is 0 Å². The Kier molecular flexibility index (Phi) is 3.90. The van der Waals surface area contributed by atoms with Gasteiger partial charge in [0, 0.05) is 18.5 Å². The van der Waals surface area contributed by atoms with E-state index in [1.807, 2.05) is 0 Å². The Bertz CT molecular complexity index is 417. The Morgan fingerprint density at radius 1 is 1.53 bits per heavy atom. The summed E-state index contributed by atoms with van der Waals surface area (Å²) in [6, 6.07) is 3.44. The van der Waals surface area contributed by atoms with E-state index in [0.29, 0.717) is 18.1 Å². The van der Waals surface area contributed by atoms with Crippen LogP contribution in [0.1, 0.15) is 6.92 Å². The predicted octanol–water partition coefficient (Wildman–Crippen LogP) is 0.510. The zero-order valence-corrected chi connectivity index (χ0v) is 9.42. The fourth-order valence-electron chi connectivity index (χ4n) is 1.03. The van der Waals surface area contributed by atoms with Crippen LogP contribution in [0.5, 0.6) is 0 Å². The largest absolute Gasteiger partial charge is 0.396 e. The molecule has 0 unspecified atom stereocenters. The quantitative estimate of drug-likeness (QED) is 0.768. The van der Waals surface area contributed by atoms with E-state index in [2.05, 4.69) is 10.3 Å². The van der Waals surface area contributed by atoms with E-state index in [4.69, 9.17) is 5.73 Å². The van der Waals surface area contributed by atoms with Crippen molar-refractivity contribution in [2.24, 2.45) is 0 Å². The van der Waals surface area contributed by atoms with Crippen molar-refractivity contribution in [3.8, 4) is 0 Å². The molecule has 0 fully saturated rings. The maximum Gasteiger partial charge on any atom is 0.151 e. The van der Waals surface area contributed by atoms with Crippen LogP contribution in [-0.2, 0) is 9.84 Å². The van der Waals surface area contributed by atoms with Crippen LogP contribution < -0.4 is 11.1 Å². The highest BCUT2D eigenvalue weighted by Crippen LogP contribution is 2.12. The number of nitrogens with two attached hydrogens (primary N) is 1. The van der Waals surface area contributed by atoms with Crippen LogP contribution in [0.4, 0.5) is 11.5 Å². The number of hydrogen-bond acceptors (Lipinski definition) is 5. The van der Waals surface area contributed by atoms with Gasteiger partial charge in [-0.05, 0) is 12.1 Å². The van der Waals surface area contributed by atoms with Crippen molar-refractivity contribution >= 4 is 21.3 Å². The van der Waals surface area contributed by atoms with Crippen LogP contribution in [0.15, 0.2) is 18.3 Å². The summed E-state index contributed by atoms with van der Waals surface area (Å²) in [6.45, 7) is 1.96. The normalized spacial score (nSPS) is 11.3. The molecule has 0 amide bonds. The van der Waals surface area contributed by atoms with Crippen molar-refractivity contribution < 1.29 is 8.42 Å². The number of aromatic nitrogens is 1. The van der Waals surface area contributed by atoms with Crippen LogP contribution in [0.3, 0.4) is 0 Å². The van der Waals surface area contributed by atoms with Gasteiger partial charge in [-0.2, -0.15) is 0 Å². The van der Waals surface area contributed by atoms with Gasteiger partial charge in [0.15, 0.2) is 9.84 Å². The molecule has 0 bridgehead atoms. The summed E-state index contributed by atoms with van der Waals surface area (Å²) in [6.07, 6.45) is 1.60. The molecule has 15 heavy (non-hydrogen) atoms. The standard InChI is InChI=1S/C9H15N3O2S/c1-2-15(13,14)7-6-12-9-8(10)4-3-5-11-9/h3-5H,2,6-7,10H2,1H3,(H,11,12). The first-order chi connectivity index (χ1) is 7.05. The van der Waals surface area contributed by atoms with Crippen molar-refractivity contribution in [1.82, 2.24) is 4.98 Å². The topological polar surface area (TPSA) is 85.1 Å². The predicted molar refractivity (Wildman–Crippen MR) is 61.5 cm³/mol. The second kappa shape index (κ2) is 4.97. The SMILES string of the molecule is CCS(=O)(=O)CCNc1ncccc1N. The number of anilines is 2. The number of hydrogen-bond donors (Lipinski definition) is 2. The lowest BCUT2D eigenvalue weighted by Gasteiger charge is -2.07. The van der Waals surface area contributed by atoms with E-state index in [1.165, 1.54) is 0 Å². The molecular formula is C9H15N3O2S. The molecular weight excluding hydrogens is 214 g/mol.